The number of ether oxygens (including phenoxy) is 6. The van der Waals surface area contributed by atoms with E-state index in [1.807, 2.05) is 0 Å². The third kappa shape index (κ3) is 3.16. The molecule has 29 heavy (non-hydrogen) atoms. The summed E-state index contributed by atoms with van der Waals surface area (Å²) >= 11 is 0. The van der Waals surface area contributed by atoms with Crippen LogP contribution in [0.2, 0.25) is 0 Å². The summed E-state index contributed by atoms with van der Waals surface area (Å²) in [5.41, 5.74) is 0.482. The van der Waals surface area contributed by atoms with Gasteiger partial charge < -0.3 is 32.8 Å². The maximum atomic E-state index is 13.5. The number of methoxy groups -OCH3 is 6. The molecule has 3 aromatic rings. The molecule has 0 aliphatic heterocycles. The Bertz CT molecular complexity index is 1100. The Morgan fingerprint density at radius 1 is 0.724 bits per heavy atom. The van der Waals surface area contributed by atoms with Crippen molar-refractivity contribution in [2.75, 3.05) is 42.7 Å². The molecule has 0 aliphatic carbocycles. The fourth-order valence-electron chi connectivity index (χ4n) is 3.25. The quantitative estimate of drug-likeness (QED) is 0.594. The summed E-state index contributed by atoms with van der Waals surface area (Å²) in [6, 6.07) is 6.68. The Morgan fingerprint density at radius 2 is 1.38 bits per heavy atom. The Kier molecular flexibility index (Phi) is 5.72. The zero-order chi connectivity index (χ0) is 21.1. The minimum Gasteiger partial charge on any atom is -0.496 e. The van der Waals surface area contributed by atoms with Crippen LogP contribution in [0, 0.1) is 0 Å². The van der Waals surface area contributed by atoms with Gasteiger partial charge in [0.15, 0.2) is 11.5 Å². The molecule has 0 amide bonds. The van der Waals surface area contributed by atoms with Crippen LogP contribution in [0.25, 0.3) is 22.1 Å². The molecule has 0 bridgehead atoms. The SMILES string of the molecule is COc1cc(-c2c(OC)oc3cccc(OC)c3c2=O)c(OC)c(OC)c1OC. The monoisotopic (exact) mass is 402 g/mol. The molecule has 0 N–H and O–H groups in total. The van der Waals surface area contributed by atoms with Gasteiger partial charge in [-0.15, -0.1) is 0 Å². The van der Waals surface area contributed by atoms with Crippen molar-refractivity contribution >= 4 is 11.0 Å². The first-order chi connectivity index (χ1) is 14.1. The minimum absolute atomic E-state index is 0.0170. The Labute approximate surface area is 167 Å². The molecule has 0 saturated heterocycles. The predicted octanol–water partition coefficient (Wildman–Crippen LogP) is 3.51. The van der Waals surface area contributed by atoms with Crippen molar-refractivity contribution in [3.05, 3.63) is 34.5 Å². The van der Waals surface area contributed by atoms with Crippen molar-refractivity contribution in [3.63, 3.8) is 0 Å². The lowest BCUT2D eigenvalue weighted by Gasteiger charge is -2.19. The van der Waals surface area contributed by atoms with Crippen LogP contribution >= 0.6 is 0 Å². The van der Waals surface area contributed by atoms with Crippen LogP contribution in [0.3, 0.4) is 0 Å². The van der Waals surface area contributed by atoms with E-state index in [0.717, 1.165) is 0 Å². The minimum atomic E-state index is -0.354. The van der Waals surface area contributed by atoms with Crippen molar-refractivity contribution in [1.29, 1.82) is 0 Å². The van der Waals surface area contributed by atoms with E-state index in [1.165, 1.54) is 42.7 Å². The fraction of sp³-hybridized carbons (Fsp3) is 0.286. The summed E-state index contributed by atoms with van der Waals surface area (Å²) in [5, 5.41) is 0.279. The first kappa shape index (κ1) is 20.2. The van der Waals surface area contributed by atoms with E-state index in [2.05, 4.69) is 0 Å². The van der Waals surface area contributed by atoms with E-state index in [4.69, 9.17) is 32.8 Å². The Hall–Kier alpha value is -3.55. The molecule has 0 saturated carbocycles. The number of fused-ring (bicyclic) bond motifs is 1. The molecule has 0 unspecified atom stereocenters. The molecule has 154 valence electrons. The first-order valence-electron chi connectivity index (χ1n) is 8.61. The lowest BCUT2D eigenvalue weighted by molar-refractivity contribution is 0.303. The third-order valence-corrected chi connectivity index (χ3v) is 4.51. The largest absolute Gasteiger partial charge is 0.496 e. The molecule has 8 heteroatoms. The van der Waals surface area contributed by atoms with Crippen LogP contribution in [-0.4, -0.2) is 42.7 Å². The molecule has 0 fully saturated rings. The van der Waals surface area contributed by atoms with E-state index in [1.54, 1.807) is 24.3 Å². The Balaban J connectivity index is 2.51. The lowest BCUT2D eigenvalue weighted by atomic mass is 10.0. The third-order valence-electron chi connectivity index (χ3n) is 4.51. The maximum absolute atomic E-state index is 13.5. The van der Waals surface area contributed by atoms with Crippen molar-refractivity contribution < 1.29 is 32.8 Å². The summed E-state index contributed by atoms with van der Waals surface area (Å²) in [6.45, 7) is 0. The topological polar surface area (TPSA) is 85.6 Å². The van der Waals surface area contributed by atoms with Crippen molar-refractivity contribution in [1.82, 2.24) is 0 Å². The van der Waals surface area contributed by atoms with Crippen LogP contribution in [-0.2, 0) is 0 Å². The maximum Gasteiger partial charge on any atom is 0.296 e. The first-order valence-corrected chi connectivity index (χ1v) is 8.61. The molecule has 3 rings (SSSR count). The van der Waals surface area contributed by atoms with Gasteiger partial charge in [0.05, 0.1) is 42.7 Å². The summed E-state index contributed by atoms with van der Waals surface area (Å²) < 4.78 is 38.5. The smallest absolute Gasteiger partial charge is 0.296 e. The van der Waals surface area contributed by atoms with Gasteiger partial charge in [-0.3, -0.25) is 4.79 Å². The van der Waals surface area contributed by atoms with Crippen LogP contribution in [0.1, 0.15) is 0 Å². The average Bonchev–Trinajstić information content (AvgIpc) is 2.76. The van der Waals surface area contributed by atoms with Gasteiger partial charge in [0.25, 0.3) is 5.95 Å². The van der Waals surface area contributed by atoms with Gasteiger partial charge in [0, 0.05) is 5.56 Å². The summed E-state index contributed by atoms with van der Waals surface area (Å²) in [4.78, 5) is 13.5. The van der Waals surface area contributed by atoms with Crippen LogP contribution in [0.4, 0.5) is 0 Å². The number of rotatable bonds is 7. The van der Waals surface area contributed by atoms with Gasteiger partial charge in [-0.25, -0.2) is 0 Å². The predicted molar refractivity (Wildman–Crippen MR) is 107 cm³/mol. The standard InChI is InChI=1S/C21H22O8/c1-23-12-8-7-9-13-16(12)17(22)15(21(28-6)29-13)11-10-14(24-2)19(26-4)20(27-5)18(11)25-3/h7-10H,1-6H3. The zero-order valence-electron chi connectivity index (χ0n) is 17.1. The van der Waals surface area contributed by atoms with E-state index < -0.39 is 0 Å². The van der Waals surface area contributed by atoms with Crippen molar-refractivity contribution in [2.24, 2.45) is 0 Å². The number of benzene rings is 2. The van der Waals surface area contributed by atoms with Crippen LogP contribution in [0.5, 0.6) is 34.7 Å². The molecule has 0 aliphatic rings. The molecule has 8 nitrogen and oxygen atoms in total. The highest BCUT2D eigenvalue weighted by molar-refractivity contribution is 5.91. The molecular weight excluding hydrogens is 380 g/mol. The molecule has 1 heterocycles. The number of hydrogen-bond acceptors (Lipinski definition) is 8. The molecule has 0 radical (unpaired) electrons. The van der Waals surface area contributed by atoms with E-state index in [9.17, 15) is 4.79 Å². The van der Waals surface area contributed by atoms with E-state index >= 15 is 0 Å². The van der Waals surface area contributed by atoms with Crippen LogP contribution in [0.15, 0.2) is 33.5 Å². The van der Waals surface area contributed by atoms with Crippen molar-refractivity contribution in [2.45, 2.75) is 0 Å². The van der Waals surface area contributed by atoms with Crippen LogP contribution < -0.4 is 33.8 Å². The normalized spacial score (nSPS) is 10.6. The molecule has 0 spiro atoms. The highest BCUT2D eigenvalue weighted by Crippen LogP contribution is 2.51. The van der Waals surface area contributed by atoms with Gasteiger partial charge >= 0.3 is 0 Å². The molecular formula is C21H22O8. The second-order valence-electron chi connectivity index (χ2n) is 5.86. The summed E-state index contributed by atoms with van der Waals surface area (Å²) in [7, 11) is 8.79. The fourth-order valence-corrected chi connectivity index (χ4v) is 3.25. The molecule has 0 atom stereocenters. The second kappa shape index (κ2) is 8.22. The van der Waals surface area contributed by atoms with Gasteiger partial charge in [-0.05, 0) is 18.2 Å². The lowest BCUT2D eigenvalue weighted by Crippen LogP contribution is -2.10. The summed E-state index contributed by atoms with van der Waals surface area (Å²) in [6.07, 6.45) is 0. The highest BCUT2D eigenvalue weighted by Gasteiger charge is 2.28. The molecule has 1 aromatic heterocycles. The Morgan fingerprint density at radius 3 is 1.93 bits per heavy atom. The number of hydrogen-bond donors (Lipinski definition) is 0. The summed E-state index contributed by atoms with van der Waals surface area (Å²) in [5.74, 6) is 1.62. The van der Waals surface area contributed by atoms with E-state index in [0.29, 0.717) is 28.4 Å². The van der Waals surface area contributed by atoms with Gasteiger partial charge in [0.2, 0.25) is 16.9 Å². The van der Waals surface area contributed by atoms with Gasteiger partial charge in [-0.1, -0.05) is 6.07 Å². The second-order valence-corrected chi connectivity index (χ2v) is 5.86. The molecule has 2 aromatic carbocycles. The highest BCUT2D eigenvalue weighted by atomic mass is 16.6. The van der Waals surface area contributed by atoms with Crippen molar-refractivity contribution in [3.8, 4) is 45.8 Å². The van der Waals surface area contributed by atoms with E-state index in [-0.39, 0.29) is 33.8 Å². The zero-order valence-corrected chi connectivity index (χ0v) is 17.1. The average molecular weight is 402 g/mol. The van der Waals surface area contributed by atoms with Gasteiger partial charge in [0.1, 0.15) is 22.3 Å². The van der Waals surface area contributed by atoms with Gasteiger partial charge in [-0.2, -0.15) is 0 Å².